The van der Waals surface area contributed by atoms with E-state index in [1.165, 1.54) is 36.7 Å². The minimum absolute atomic E-state index is 0.0755. The first-order chi connectivity index (χ1) is 18.4. The second-order valence-electron chi connectivity index (χ2n) is 12.4. The van der Waals surface area contributed by atoms with Crippen LogP contribution in [-0.2, 0) is 13.0 Å². The highest BCUT2D eigenvalue weighted by Gasteiger charge is 2.47. The number of ether oxygens (including phenoxy) is 1. The van der Waals surface area contributed by atoms with Gasteiger partial charge in [0.1, 0.15) is 5.75 Å². The topological polar surface area (TPSA) is 76.4 Å². The molecule has 11 heteroatoms. The summed E-state index contributed by atoms with van der Waals surface area (Å²) in [5.74, 6) is 0.267. The Hall–Kier alpha value is -2.69. The quantitative estimate of drug-likeness (QED) is 0.303. The molecule has 0 bridgehead atoms. The molecule has 0 aliphatic heterocycles. The van der Waals surface area contributed by atoms with Crippen molar-refractivity contribution in [3.05, 3.63) is 35.0 Å². The van der Waals surface area contributed by atoms with E-state index in [9.17, 15) is 31.9 Å². The van der Waals surface area contributed by atoms with Crippen molar-refractivity contribution in [3.63, 3.8) is 0 Å². The molecule has 0 unspecified atom stereocenters. The fourth-order valence-electron chi connectivity index (χ4n) is 5.12. The molecule has 40 heavy (non-hydrogen) atoms. The standard InChI is InChI=1S/C29H40F5N3O3/c1-17-7-9-19(10-8-17)15-35-25(38)23-18(2)24(37(36-23)16-28(5,6)39)21-12-11-20(13-22(21)40-26(30)31)14-27(3,4)29(32,33)34/h11-13,17,19,26,39H,7-10,14-16H2,1-6H3,(H,35,38). The summed E-state index contributed by atoms with van der Waals surface area (Å²) in [7, 11) is 0. The van der Waals surface area contributed by atoms with Gasteiger partial charge in [0.25, 0.3) is 5.91 Å². The molecule has 1 aliphatic carbocycles. The number of hydrogen-bond donors (Lipinski definition) is 2. The van der Waals surface area contributed by atoms with Gasteiger partial charge in [0, 0.05) is 17.7 Å². The maximum absolute atomic E-state index is 13.5. The maximum atomic E-state index is 13.5. The number of alkyl halides is 5. The van der Waals surface area contributed by atoms with E-state index in [1.54, 1.807) is 6.92 Å². The van der Waals surface area contributed by atoms with E-state index >= 15 is 0 Å². The van der Waals surface area contributed by atoms with Gasteiger partial charge in [0.2, 0.25) is 0 Å². The Kier molecular flexibility index (Phi) is 9.58. The molecule has 1 heterocycles. The first-order valence-corrected chi connectivity index (χ1v) is 13.6. The molecular weight excluding hydrogens is 533 g/mol. The molecule has 0 saturated heterocycles. The van der Waals surface area contributed by atoms with Gasteiger partial charge in [-0.1, -0.05) is 39.7 Å². The first kappa shape index (κ1) is 31.8. The fraction of sp³-hybridized carbons (Fsp3) is 0.655. The number of nitrogens with one attached hydrogen (secondary N) is 1. The van der Waals surface area contributed by atoms with Gasteiger partial charge in [0.15, 0.2) is 5.69 Å². The van der Waals surface area contributed by atoms with Crippen molar-refractivity contribution in [2.75, 3.05) is 6.54 Å². The number of halogens is 5. The van der Waals surface area contributed by atoms with Crippen molar-refractivity contribution in [2.45, 2.75) is 98.6 Å². The molecule has 0 spiro atoms. The lowest BCUT2D eigenvalue weighted by Gasteiger charge is -2.28. The molecule has 224 valence electrons. The molecule has 1 aliphatic rings. The van der Waals surface area contributed by atoms with Gasteiger partial charge in [-0.2, -0.15) is 27.1 Å². The van der Waals surface area contributed by atoms with Crippen LogP contribution in [0.3, 0.4) is 0 Å². The van der Waals surface area contributed by atoms with Gasteiger partial charge in [-0.25, -0.2) is 0 Å². The summed E-state index contributed by atoms with van der Waals surface area (Å²) in [6.45, 7) is 6.16. The number of aliphatic hydroxyl groups is 1. The monoisotopic (exact) mass is 573 g/mol. The van der Waals surface area contributed by atoms with Crippen molar-refractivity contribution < 1.29 is 36.6 Å². The molecule has 1 aromatic heterocycles. The Morgan fingerprint density at radius 1 is 1.15 bits per heavy atom. The molecule has 2 aromatic rings. The van der Waals surface area contributed by atoms with E-state index in [1.807, 2.05) is 0 Å². The van der Waals surface area contributed by atoms with E-state index in [-0.39, 0.29) is 34.8 Å². The number of benzene rings is 1. The van der Waals surface area contributed by atoms with E-state index in [2.05, 4.69) is 17.3 Å². The number of hydrogen-bond acceptors (Lipinski definition) is 4. The molecular formula is C29H40F5N3O3. The van der Waals surface area contributed by atoms with Crippen LogP contribution in [-0.4, -0.2) is 45.7 Å². The normalized spacial score (nSPS) is 18.7. The number of aromatic nitrogens is 2. The average molecular weight is 574 g/mol. The number of nitrogens with zero attached hydrogens (tertiary/aromatic N) is 2. The summed E-state index contributed by atoms with van der Waals surface area (Å²) in [5.41, 5.74) is -2.38. The number of carbonyl (C=O) groups is 1. The van der Waals surface area contributed by atoms with E-state index in [0.717, 1.165) is 39.5 Å². The Morgan fingerprint density at radius 3 is 2.33 bits per heavy atom. The van der Waals surface area contributed by atoms with Gasteiger partial charge < -0.3 is 15.2 Å². The van der Waals surface area contributed by atoms with Crippen molar-refractivity contribution in [1.82, 2.24) is 15.1 Å². The molecule has 0 atom stereocenters. The fourth-order valence-corrected chi connectivity index (χ4v) is 5.12. The predicted molar refractivity (Wildman–Crippen MR) is 142 cm³/mol. The van der Waals surface area contributed by atoms with Crippen molar-refractivity contribution in [1.29, 1.82) is 0 Å². The van der Waals surface area contributed by atoms with Crippen LogP contribution >= 0.6 is 0 Å². The number of rotatable bonds is 10. The van der Waals surface area contributed by atoms with E-state index in [0.29, 0.717) is 23.9 Å². The molecule has 0 radical (unpaired) electrons. The van der Waals surface area contributed by atoms with Crippen LogP contribution in [0.5, 0.6) is 5.75 Å². The predicted octanol–water partition coefficient (Wildman–Crippen LogP) is 6.92. The summed E-state index contributed by atoms with van der Waals surface area (Å²) < 4.78 is 73.5. The molecule has 1 saturated carbocycles. The molecule has 1 fully saturated rings. The minimum atomic E-state index is -4.50. The van der Waals surface area contributed by atoms with Crippen LogP contribution < -0.4 is 10.1 Å². The lowest BCUT2D eigenvalue weighted by atomic mass is 9.83. The van der Waals surface area contributed by atoms with Crippen molar-refractivity contribution >= 4 is 5.91 Å². The van der Waals surface area contributed by atoms with Crippen molar-refractivity contribution in [2.24, 2.45) is 17.3 Å². The second kappa shape index (κ2) is 12.0. The van der Waals surface area contributed by atoms with Crippen molar-refractivity contribution in [3.8, 4) is 17.0 Å². The second-order valence-corrected chi connectivity index (χ2v) is 12.4. The number of carbonyl (C=O) groups excluding carboxylic acids is 1. The maximum Gasteiger partial charge on any atom is 0.394 e. The summed E-state index contributed by atoms with van der Waals surface area (Å²) in [5, 5.41) is 17.9. The summed E-state index contributed by atoms with van der Waals surface area (Å²) >= 11 is 0. The average Bonchev–Trinajstić information content (AvgIpc) is 3.11. The highest BCUT2D eigenvalue weighted by atomic mass is 19.4. The molecule has 6 nitrogen and oxygen atoms in total. The van der Waals surface area contributed by atoms with Crippen LogP contribution in [0.2, 0.25) is 0 Å². The van der Waals surface area contributed by atoms with E-state index < -0.39 is 36.1 Å². The molecule has 1 aromatic carbocycles. The highest BCUT2D eigenvalue weighted by molar-refractivity contribution is 5.95. The van der Waals surface area contributed by atoms with Gasteiger partial charge in [0.05, 0.1) is 23.3 Å². The molecule has 3 rings (SSSR count). The Balaban J connectivity index is 2.01. The smallest absolute Gasteiger partial charge is 0.394 e. The largest absolute Gasteiger partial charge is 0.434 e. The van der Waals surface area contributed by atoms with Gasteiger partial charge in [-0.3, -0.25) is 9.48 Å². The van der Waals surface area contributed by atoms with Crippen LogP contribution in [0.4, 0.5) is 22.0 Å². The van der Waals surface area contributed by atoms with Crippen LogP contribution in [0.25, 0.3) is 11.3 Å². The summed E-state index contributed by atoms with van der Waals surface area (Å²) in [6.07, 6.45) is -0.712. The zero-order valence-electron chi connectivity index (χ0n) is 24.0. The highest BCUT2D eigenvalue weighted by Crippen LogP contribution is 2.42. The first-order valence-electron chi connectivity index (χ1n) is 13.6. The minimum Gasteiger partial charge on any atom is -0.434 e. The lowest BCUT2D eigenvalue weighted by molar-refractivity contribution is -0.211. The SMILES string of the molecule is Cc1c(C(=O)NCC2CCC(C)CC2)nn(CC(C)(C)O)c1-c1ccc(CC(C)(C)C(F)(F)F)cc1OC(F)F. The van der Waals surface area contributed by atoms with Gasteiger partial charge in [-0.15, -0.1) is 0 Å². The molecule has 1 amide bonds. The molecule has 2 N–H and O–H groups in total. The van der Waals surface area contributed by atoms with Crippen LogP contribution in [0.15, 0.2) is 18.2 Å². The Morgan fingerprint density at radius 2 is 1.77 bits per heavy atom. The van der Waals surface area contributed by atoms with Crippen LogP contribution in [0.1, 0.15) is 81.9 Å². The van der Waals surface area contributed by atoms with E-state index in [4.69, 9.17) is 4.74 Å². The zero-order chi connectivity index (χ0) is 30.0. The Labute approximate surface area is 232 Å². The Bertz CT molecular complexity index is 1180. The summed E-state index contributed by atoms with van der Waals surface area (Å²) in [6, 6.07) is 3.99. The zero-order valence-corrected chi connectivity index (χ0v) is 24.0. The number of amides is 1. The lowest BCUT2D eigenvalue weighted by Crippen LogP contribution is -2.34. The third-order valence-corrected chi connectivity index (χ3v) is 7.56. The third kappa shape index (κ3) is 7.95. The van der Waals surface area contributed by atoms with Crippen LogP contribution in [0, 0.1) is 24.2 Å². The van der Waals surface area contributed by atoms with Gasteiger partial charge in [-0.05, 0) is 69.6 Å². The van der Waals surface area contributed by atoms with Gasteiger partial charge >= 0.3 is 12.8 Å². The summed E-state index contributed by atoms with van der Waals surface area (Å²) in [4.78, 5) is 13.2. The third-order valence-electron chi connectivity index (χ3n) is 7.56.